The summed E-state index contributed by atoms with van der Waals surface area (Å²) in [6.45, 7) is 4.74. The minimum Gasteiger partial charge on any atom is -0.462 e. The Balaban J connectivity index is 5.41. The van der Waals surface area contributed by atoms with Gasteiger partial charge < -0.3 is 33.8 Å². The van der Waals surface area contributed by atoms with Crippen molar-refractivity contribution in [2.24, 2.45) is 0 Å². The molecule has 0 saturated heterocycles. The van der Waals surface area contributed by atoms with Crippen molar-refractivity contribution in [1.82, 2.24) is 0 Å². The smallest absolute Gasteiger partial charge is 0.462 e. The third-order valence-electron chi connectivity index (χ3n) is 16.5. The van der Waals surface area contributed by atoms with Crippen molar-refractivity contribution in [2.75, 3.05) is 39.6 Å². The van der Waals surface area contributed by atoms with E-state index in [1.807, 2.05) is 12.2 Å². The number of hydrogen-bond donors (Lipinski definition) is 3. The zero-order chi connectivity index (χ0) is 73.2. The van der Waals surface area contributed by atoms with Crippen molar-refractivity contribution in [3.63, 3.8) is 0 Å². The maximum atomic E-state index is 13.1. The van der Waals surface area contributed by atoms with Crippen LogP contribution in [0.5, 0.6) is 0 Å². The van der Waals surface area contributed by atoms with E-state index in [0.717, 1.165) is 128 Å². The Morgan fingerprint density at radius 3 is 0.880 bits per heavy atom. The third-order valence-corrected chi connectivity index (χ3v) is 18.4. The molecule has 0 saturated carbocycles. The van der Waals surface area contributed by atoms with Crippen LogP contribution in [-0.2, 0) is 65.4 Å². The van der Waals surface area contributed by atoms with Crippen molar-refractivity contribution < 1.29 is 80.2 Å². The van der Waals surface area contributed by atoms with Gasteiger partial charge in [0.1, 0.15) is 19.3 Å². The standard InChI is InChI=1S/C81H142O17P2/c1-5-9-13-17-21-25-29-33-36-37-40-42-46-50-54-58-62-66-79(84)92-72-77(98-81(86)68-64-60-56-52-48-44-39-35-31-27-23-19-15-11-7-3)74-96-100(89,90)94-70-75(82)69-93-99(87,88)95-73-76(71-91-78(83)65-61-57-53-49-45-41-32-28-24-20-16-12-8-4)97-80(85)67-63-59-55-51-47-43-38-34-30-26-22-18-14-10-6-2/h21-22,25-27,31,33-36,38-40,42,50,54,75-77,82H,5-20,23-24,28-30,32,37,41,43-49,51-53,55-74H2,1-4H3,(H,87,88)(H,89,90)/b25-21-,26-22-,31-27-,36-33-,38-34-,39-35-,42-40-,54-50-/t75-,76-,77-/m1/s1. The molecule has 578 valence electrons. The number of carbonyl (C=O) groups excluding carboxylic acids is 4. The van der Waals surface area contributed by atoms with Crippen LogP contribution in [0.25, 0.3) is 0 Å². The quantitative estimate of drug-likeness (QED) is 0.0128. The van der Waals surface area contributed by atoms with Crippen molar-refractivity contribution in [2.45, 2.75) is 354 Å². The zero-order valence-electron chi connectivity index (χ0n) is 63.1. The molecular weight excluding hydrogens is 1310 g/mol. The fraction of sp³-hybridized carbons (Fsp3) is 0.753. The molecule has 0 aromatic heterocycles. The van der Waals surface area contributed by atoms with Gasteiger partial charge in [-0.3, -0.25) is 37.3 Å². The maximum Gasteiger partial charge on any atom is 0.472 e. The lowest BCUT2D eigenvalue weighted by Crippen LogP contribution is -2.30. The van der Waals surface area contributed by atoms with Crippen molar-refractivity contribution >= 4 is 39.5 Å². The molecule has 0 radical (unpaired) electrons. The van der Waals surface area contributed by atoms with Gasteiger partial charge in [0.2, 0.25) is 0 Å². The first-order valence-electron chi connectivity index (χ1n) is 39.5. The highest BCUT2D eigenvalue weighted by atomic mass is 31.2. The molecule has 0 aliphatic rings. The molecular formula is C81H142O17P2. The summed E-state index contributed by atoms with van der Waals surface area (Å²) in [5.74, 6) is -2.26. The summed E-state index contributed by atoms with van der Waals surface area (Å²) >= 11 is 0. The Hall–Kier alpha value is -4.02. The van der Waals surface area contributed by atoms with Gasteiger partial charge >= 0.3 is 39.5 Å². The lowest BCUT2D eigenvalue weighted by atomic mass is 10.0. The number of esters is 4. The van der Waals surface area contributed by atoms with Gasteiger partial charge in [-0.2, -0.15) is 0 Å². The Bertz CT molecular complexity index is 2270. The summed E-state index contributed by atoms with van der Waals surface area (Å²) in [6, 6.07) is 0. The Kier molecular flexibility index (Phi) is 70.4. The SMILES string of the molecule is CCCCC/C=C\C/C=C\C/C=C\C/C=C\CCCC(=O)OC[C@H](COP(=O)(O)OC[C@H](O)COP(=O)(O)OC[C@@H](COC(=O)CCCCCCCCCCCCCCC)OC(=O)CCCCCCC/C=C\C/C=C\CCCCC)OC(=O)CCCCCCC/C=C\C=C/CCCCCC. The van der Waals surface area contributed by atoms with Gasteiger partial charge in [-0.15, -0.1) is 0 Å². The molecule has 0 fully saturated rings. The molecule has 0 aromatic carbocycles. The summed E-state index contributed by atoms with van der Waals surface area (Å²) in [4.78, 5) is 72.9. The number of aliphatic hydroxyl groups is 1. The van der Waals surface area contributed by atoms with Gasteiger partial charge in [0.15, 0.2) is 12.2 Å². The topological polar surface area (TPSA) is 237 Å². The molecule has 3 N–H and O–H groups in total. The molecule has 0 aliphatic carbocycles. The predicted molar refractivity (Wildman–Crippen MR) is 409 cm³/mol. The van der Waals surface area contributed by atoms with Crippen molar-refractivity contribution in [3.8, 4) is 0 Å². The second kappa shape index (κ2) is 73.3. The Labute approximate surface area is 607 Å². The van der Waals surface area contributed by atoms with Crippen LogP contribution in [0.1, 0.15) is 336 Å². The molecule has 0 heterocycles. The molecule has 0 aromatic rings. The molecule has 2 unspecified atom stereocenters. The van der Waals surface area contributed by atoms with E-state index in [1.165, 1.54) is 122 Å². The first kappa shape index (κ1) is 96.0. The fourth-order valence-electron chi connectivity index (χ4n) is 10.5. The van der Waals surface area contributed by atoms with Gasteiger partial charge in [-0.1, -0.05) is 285 Å². The molecule has 5 atom stereocenters. The van der Waals surface area contributed by atoms with Gasteiger partial charge in [0.25, 0.3) is 0 Å². The summed E-state index contributed by atoms with van der Waals surface area (Å²) in [6.07, 6.45) is 76.8. The van der Waals surface area contributed by atoms with Crippen LogP contribution in [-0.4, -0.2) is 96.7 Å². The van der Waals surface area contributed by atoms with Gasteiger partial charge in [-0.25, -0.2) is 9.13 Å². The molecule has 100 heavy (non-hydrogen) atoms. The van der Waals surface area contributed by atoms with Crippen LogP contribution in [0.15, 0.2) is 97.2 Å². The van der Waals surface area contributed by atoms with E-state index in [-0.39, 0.29) is 25.7 Å². The number of aliphatic hydroxyl groups excluding tert-OH is 1. The van der Waals surface area contributed by atoms with E-state index < -0.39 is 97.5 Å². The lowest BCUT2D eigenvalue weighted by Gasteiger charge is -2.21. The average Bonchev–Trinajstić information content (AvgIpc) is 0.945. The van der Waals surface area contributed by atoms with E-state index in [0.29, 0.717) is 32.1 Å². The average molecular weight is 1450 g/mol. The van der Waals surface area contributed by atoms with Gasteiger partial charge in [-0.05, 0) is 122 Å². The van der Waals surface area contributed by atoms with E-state index in [9.17, 15) is 43.2 Å². The number of ether oxygens (including phenoxy) is 4. The molecule has 0 spiro atoms. The Morgan fingerprint density at radius 2 is 0.530 bits per heavy atom. The maximum absolute atomic E-state index is 13.1. The highest BCUT2D eigenvalue weighted by Gasteiger charge is 2.30. The van der Waals surface area contributed by atoms with E-state index in [1.54, 1.807) is 0 Å². The number of unbranched alkanes of at least 4 members (excludes halogenated alkanes) is 33. The number of phosphoric acid groups is 2. The summed E-state index contributed by atoms with van der Waals surface area (Å²) < 4.78 is 68.5. The normalized spacial score (nSPS) is 14.4. The lowest BCUT2D eigenvalue weighted by molar-refractivity contribution is -0.161. The summed E-state index contributed by atoms with van der Waals surface area (Å²) in [7, 11) is -9.97. The fourth-order valence-corrected chi connectivity index (χ4v) is 12.0. The highest BCUT2D eigenvalue weighted by molar-refractivity contribution is 7.47. The minimum absolute atomic E-state index is 0.0657. The van der Waals surface area contributed by atoms with Crippen LogP contribution < -0.4 is 0 Å². The minimum atomic E-state index is -4.99. The highest BCUT2D eigenvalue weighted by Crippen LogP contribution is 2.45. The molecule has 0 amide bonds. The predicted octanol–water partition coefficient (Wildman–Crippen LogP) is 22.8. The van der Waals surface area contributed by atoms with Crippen LogP contribution in [0.2, 0.25) is 0 Å². The van der Waals surface area contributed by atoms with Gasteiger partial charge in [0.05, 0.1) is 26.4 Å². The molecule has 0 aliphatic heterocycles. The Morgan fingerprint density at radius 1 is 0.290 bits per heavy atom. The van der Waals surface area contributed by atoms with Crippen LogP contribution in [0.4, 0.5) is 0 Å². The molecule has 17 nitrogen and oxygen atoms in total. The number of hydrogen-bond acceptors (Lipinski definition) is 15. The number of rotatable bonds is 74. The van der Waals surface area contributed by atoms with Crippen molar-refractivity contribution in [1.29, 1.82) is 0 Å². The monoisotopic (exact) mass is 1450 g/mol. The van der Waals surface area contributed by atoms with E-state index >= 15 is 0 Å². The number of allylic oxidation sites excluding steroid dienone is 16. The first-order chi connectivity index (χ1) is 48.7. The number of phosphoric ester groups is 2. The van der Waals surface area contributed by atoms with Crippen LogP contribution >= 0.6 is 15.6 Å². The van der Waals surface area contributed by atoms with Gasteiger partial charge in [0, 0.05) is 25.7 Å². The second-order valence-electron chi connectivity index (χ2n) is 26.3. The summed E-state index contributed by atoms with van der Waals surface area (Å²) in [5, 5.41) is 10.6. The van der Waals surface area contributed by atoms with Crippen LogP contribution in [0.3, 0.4) is 0 Å². The number of carbonyl (C=O) groups is 4. The van der Waals surface area contributed by atoms with E-state index in [2.05, 4.69) is 113 Å². The third kappa shape index (κ3) is 72.3. The zero-order valence-corrected chi connectivity index (χ0v) is 64.9. The molecule has 0 bridgehead atoms. The second-order valence-corrected chi connectivity index (χ2v) is 29.2. The van der Waals surface area contributed by atoms with E-state index in [4.69, 9.17) is 37.0 Å². The van der Waals surface area contributed by atoms with Crippen molar-refractivity contribution in [3.05, 3.63) is 97.2 Å². The largest absolute Gasteiger partial charge is 0.472 e. The molecule has 0 rings (SSSR count). The van der Waals surface area contributed by atoms with Crippen LogP contribution in [0, 0.1) is 0 Å². The first-order valence-corrected chi connectivity index (χ1v) is 42.5. The molecule has 19 heteroatoms. The summed E-state index contributed by atoms with van der Waals surface area (Å²) in [5.41, 5.74) is 0.